The predicted molar refractivity (Wildman–Crippen MR) is 178 cm³/mol. The number of carbonyl (C=O) groups excluding carboxylic acids is 1. The van der Waals surface area contributed by atoms with E-state index in [2.05, 4.69) is 42.5 Å². The second kappa shape index (κ2) is 12.3. The van der Waals surface area contributed by atoms with Gasteiger partial charge in [0, 0.05) is 54.4 Å². The fraction of sp³-hybridized carbons (Fsp3) is 0.211. The normalized spacial score (nSPS) is 13.1. The average Bonchev–Trinajstić information content (AvgIpc) is 3.00. The summed E-state index contributed by atoms with van der Waals surface area (Å²) in [6.07, 6.45) is 3.25. The van der Waals surface area contributed by atoms with Crippen LogP contribution in [0, 0.1) is 16.9 Å². The van der Waals surface area contributed by atoms with Gasteiger partial charge >= 0.3 is 0 Å². The van der Waals surface area contributed by atoms with E-state index in [-0.39, 0.29) is 43.8 Å². The summed E-state index contributed by atoms with van der Waals surface area (Å²) in [7, 11) is 0. The number of nitrogens with zero attached hydrogens (tertiary/aromatic N) is 1. The van der Waals surface area contributed by atoms with E-state index in [1.165, 1.54) is 6.08 Å². The number of aromatic nitrogens is 1. The molecule has 0 bridgehead atoms. The van der Waals surface area contributed by atoms with Gasteiger partial charge in [-0.2, -0.15) is 0 Å². The molecule has 0 saturated heterocycles. The first-order valence-electron chi connectivity index (χ1n) is 14.8. The largest absolute Gasteiger partial charge is 0.512 e. The molecule has 0 aliphatic carbocycles. The molecule has 0 unspecified atom stereocenters. The molecular formula is C38H35BIrNO4-. The molecule has 2 aliphatic heterocycles. The van der Waals surface area contributed by atoms with Crippen LogP contribution in [0.2, 0.25) is 0 Å². The smallest absolute Gasteiger partial charge is 0.241 e. The van der Waals surface area contributed by atoms with E-state index in [1.807, 2.05) is 96.3 Å². The van der Waals surface area contributed by atoms with Crippen molar-refractivity contribution in [2.24, 2.45) is 10.8 Å². The van der Waals surface area contributed by atoms with Gasteiger partial charge in [-0.25, -0.2) is 0 Å². The van der Waals surface area contributed by atoms with Crippen LogP contribution in [0.1, 0.15) is 41.5 Å². The maximum absolute atomic E-state index is 11.5. The molecule has 0 atom stereocenters. The summed E-state index contributed by atoms with van der Waals surface area (Å²) in [5.74, 6) is 3.49. The van der Waals surface area contributed by atoms with Crippen molar-refractivity contribution in [1.29, 1.82) is 0 Å². The number of hydrogen-bond acceptors (Lipinski definition) is 5. The van der Waals surface area contributed by atoms with Gasteiger partial charge in [0.05, 0.1) is 0 Å². The number of para-hydroxylation sites is 1. The molecule has 0 saturated carbocycles. The summed E-state index contributed by atoms with van der Waals surface area (Å²) >= 11 is 0. The molecule has 4 aromatic carbocycles. The van der Waals surface area contributed by atoms with Crippen molar-refractivity contribution < 1.29 is 39.5 Å². The van der Waals surface area contributed by atoms with Crippen molar-refractivity contribution in [2.45, 2.75) is 41.5 Å². The van der Waals surface area contributed by atoms with Crippen molar-refractivity contribution >= 4 is 39.7 Å². The zero-order chi connectivity index (χ0) is 31.2. The van der Waals surface area contributed by atoms with Gasteiger partial charge in [-0.1, -0.05) is 102 Å². The van der Waals surface area contributed by atoms with E-state index in [1.54, 1.807) is 0 Å². The quantitative estimate of drug-likeness (QED) is 0.0853. The maximum Gasteiger partial charge on any atom is 0.241 e. The van der Waals surface area contributed by atoms with Gasteiger partial charge in [-0.3, -0.25) is 4.79 Å². The standard InChI is InChI=1S/C27H15BNO2.C11H20O2.Ir/c1-2-8-18-16-29-22(15-17(18)7-1)19-9-5-11-21-27(19)31-25-14-6-13-24-26(25)28(21)20-10-3-4-12-23(20)30-24;1-10(2,3)8(12)7-9(13)11(4,5)6;/h1-8,10-16H;7,12H,1-6H3;/q-1;;/b;8-7-;. The number of ketones is 1. The Labute approximate surface area is 278 Å². The molecule has 1 N–H and O–H groups in total. The van der Waals surface area contributed by atoms with Crippen molar-refractivity contribution in [1.82, 2.24) is 4.98 Å². The van der Waals surface area contributed by atoms with Crippen LogP contribution >= 0.6 is 0 Å². The van der Waals surface area contributed by atoms with E-state index < -0.39 is 5.41 Å². The van der Waals surface area contributed by atoms with Gasteiger partial charge in [0.2, 0.25) is 6.71 Å². The van der Waals surface area contributed by atoms with Gasteiger partial charge in [0.25, 0.3) is 0 Å². The first-order chi connectivity index (χ1) is 20.9. The second-order valence-corrected chi connectivity index (χ2v) is 13.3. The van der Waals surface area contributed by atoms with Crippen LogP contribution in [-0.2, 0) is 24.9 Å². The number of allylic oxidation sites excluding steroid dienone is 2. The van der Waals surface area contributed by atoms with Gasteiger partial charge in [-0.05, 0) is 40.1 Å². The molecule has 7 rings (SSSR count). The number of carbonyl (C=O) groups is 1. The third-order valence-electron chi connectivity index (χ3n) is 7.93. The van der Waals surface area contributed by atoms with E-state index in [0.717, 1.165) is 61.4 Å². The minimum Gasteiger partial charge on any atom is -0.512 e. The molecule has 5 aromatic rings. The summed E-state index contributed by atoms with van der Waals surface area (Å²) in [6, 6.07) is 32.1. The Morgan fingerprint density at radius 2 is 1.44 bits per heavy atom. The summed E-state index contributed by atoms with van der Waals surface area (Å²) in [5, 5.41) is 11.8. The topological polar surface area (TPSA) is 68.7 Å². The molecule has 5 nitrogen and oxygen atoms in total. The number of rotatable bonds is 2. The van der Waals surface area contributed by atoms with E-state index in [9.17, 15) is 9.90 Å². The third kappa shape index (κ3) is 6.33. The zero-order valence-corrected chi connectivity index (χ0v) is 28.7. The molecule has 0 amide bonds. The Balaban J connectivity index is 0.000000246. The Morgan fingerprint density at radius 1 is 0.800 bits per heavy atom. The van der Waals surface area contributed by atoms with Gasteiger partial charge in [0.1, 0.15) is 23.0 Å². The van der Waals surface area contributed by atoms with Crippen molar-refractivity contribution in [3.8, 4) is 34.3 Å². The van der Waals surface area contributed by atoms with Gasteiger partial charge < -0.3 is 19.6 Å². The Kier molecular flexibility index (Phi) is 8.81. The predicted octanol–water partition coefficient (Wildman–Crippen LogP) is 7.52. The molecule has 7 heteroatoms. The molecular weight excluding hydrogens is 737 g/mol. The molecule has 1 aromatic heterocycles. The fourth-order valence-corrected chi connectivity index (χ4v) is 5.31. The first-order valence-corrected chi connectivity index (χ1v) is 14.8. The van der Waals surface area contributed by atoms with Crippen LogP contribution in [0.25, 0.3) is 22.0 Å². The first kappa shape index (κ1) is 32.2. The summed E-state index contributed by atoms with van der Waals surface area (Å²) in [4.78, 5) is 16.2. The number of pyridine rings is 1. The number of hydrogen-bond donors (Lipinski definition) is 1. The monoisotopic (exact) mass is 773 g/mol. The molecule has 0 fully saturated rings. The minimum absolute atomic E-state index is 0. The number of benzene rings is 4. The molecule has 2 aliphatic rings. The summed E-state index contributed by atoms with van der Waals surface area (Å²) < 4.78 is 12.7. The Morgan fingerprint density at radius 3 is 2.16 bits per heavy atom. The fourth-order valence-electron chi connectivity index (χ4n) is 5.31. The van der Waals surface area contributed by atoms with Gasteiger partial charge in [-0.15, -0.1) is 23.7 Å². The number of aliphatic hydroxyl groups is 1. The van der Waals surface area contributed by atoms with E-state index in [4.69, 9.17) is 14.5 Å². The van der Waals surface area contributed by atoms with Crippen molar-refractivity contribution in [3.63, 3.8) is 0 Å². The molecule has 229 valence electrons. The van der Waals surface area contributed by atoms with Crippen LogP contribution in [0.4, 0.5) is 0 Å². The van der Waals surface area contributed by atoms with Crippen LogP contribution in [0.3, 0.4) is 0 Å². The number of fused-ring (bicyclic) bond motifs is 5. The van der Waals surface area contributed by atoms with Gasteiger partial charge in [0.15, 0.2) is 5.78 Å². The van der Waals surface area contributed by atoms with Crippen molar-refractivity contribution in [2.75, 3.05) is 0 Å². The molecule has 1 radical (unpaired) electrons. The molecule has 3 heterocycles. The number of ether oxygens (including phenoxy) is 2. The summed E-state index contributed by atoms with van der Waals surface area (Å²) in [6.45, 7) is 11.2. The number of aliphatic hydroxyl groups excluding tert-OH is 1. The second-order valence-electron chi connectivity index (χ2n) is 13.3. The van der Waals surface area contributed by atoms with Crippen LogP contribution < -0.4 is 25.9 Å². The van der Waals surface area contributed by atoms with Crippen LogP contribution in [0.5, 0.6) is 23.0 Å². The SMILES string of the molecule is CC(C)(C)C(=O)/C=C(\O)C(C)(C)C.[Ir].[c-]1ccc2c(c1-c1cc3ccccc3cn1)Oc1cccc3c1B2c1ccccc1O3. The van der Waals surface area contributed by atoms with E-state index in [0.29, 0.717) is 0 Å². The van der Waals surface area contributed by atoms with Crippen LogP contribution in [-0.4, -0.2) is 22.6 Å². The average molecular weight is 773 g/mol. The molecule has 45 heavy (non-hydrogen) atoms. The third-order valence-corrected chi connectivity index (χ3v) is 7.93. The maximum atomic E-state index is 11.5. The summed E-state index contributed by atoms with van der Waals surface area (Å²) in [5.41, 5.74) is 4.31. The van der Waals surface area contributed by atoms with Crippen LogP contribution in [0.15, 0.2) is 103 Å². The van der Waals surface area contributed by atoms with E-state index >= 15 is 0 Å². The Hall–Kier alpha value is -4.19. The molecule has 0 spiro atoms. The minimum atomic E-state index is -0.417. The van der Waals surface area contributed by atoms with Crippen molar-refractivity contribution in [3.05, 3.63) is 109 Å². The zero-order valence-electron chi connectivity index (χ0n) is 26.3. The Bertz CT molecular complexity index is 1940.